The lowest BCUT2D eigenvalue weighted by Gasteiger charge is -2.28. The van der Waals surface area contributed by atoms with Gasteiger partial charge in [-0.15, -0.1) is 11.3 Å². The molecule has 0 saturated heterocycles. The van der Waals surface area contributed by atoms with Gasteiger partial charge in [0, 0.05) is 24.2 Å². The molecule has 1 aromatic rings. The van der Waals surface area contributed by atoms with Gasteiger partial charge in [0.15, 0.2) is 5.13 Å². The molecule has 0 fully saturated rings. The Kier molecular flexibility index (Phi) is 4.07. The van der Waals surface area contributed by atoms with Crippen molar-refractivity contribution in [2.45, 2.75) is 20.4 Å². The highest BCUT2D eigenvalue weighted by atomic mass is 32.1. The minimum atomic E-state index is 0.158. The van der Waals surface area contributed by atoms with E-state index >= 15 is 0 Å². The topological polar surface area (TPSA) is 68.2 Å². The Morgan fingerprint density at radius 2 is 2.20 bits per heavy atom. The molecule has 0 radical (unpaired) electrons. The second-order valence-corrected chi connectivity index (χ2v) is 5.85. The molecule has 0 aliphatic carbocycles. The fourth-order valence-electron chi connectivity index (χ4n) is 1.51. The number of thiazole rings is 1. The van der Waals surface area contributed by atoms with Crippen LogP contribution in [-0.2, 0) is 6.54 Å². The molecule has 86 valence electrons. The van der Waals surface area contributed by atoms with Gasteiger partial charge >= 0.3 is 0 Å². The Hall–Kier alpha value is -0.650. The Bertz CT molecular complexity index is 308. The van der Waals surface area contributed by atoms with Crippen LogP contribution < -0.4 is 11.5 Å². The Labute approximate surface area is 95.3 Å². The molecule has 0 saturated carbocycles. The van der Waals surface area contributed by atoms with Gasteiger partial charge in [-0.1, -0.05) is 13.8 Å². The standard InChI is InChI=1S/C10H20N4S/c1-10(2,6-11)7-14(3)5-8-4-13-9(12)15-8/h4H,5-7,11H2,1-3H3,(H2,12,13). The largest absolute Gasteiger partial charge is 0.375 e. The summed E-state index contributed by atoms with van der Waals surface area (Å²) in [5.74, 6) is 0. The highest BCUT2D eigenvalue weighted by Gasteiger charge is 2.18. The fraction of sp³-hybridized carbons (Fsp3) is 0.700. The maximum atomic E-state index is 5.70. The molecule has 0 atom stereocenters. The van der Waals surface area contributed by atoms with Gasteiger partial charge in [0.05, 0.1) is 0 Å². The zero-order valence-electron chi connectivity index (χ0n) is 9.66. The first kappa shape index (κ1) is 12.4. The lowest BCUT2D eigenvalue weighted by atomic mass is 9.93. The van der Waals surface area contributed by atoms with Crippen LogP contribution in [0.1, 0.15) is 18.7 Å². The highest BCUT2D eigenvalue weighted by molar-refractivity contribution is 7.15. The van der Waals surface area contributed by atoms with Gasteiger partial charge in [-0.2, -0.15) is 0 Å². The molecule has 0 unspecified atom stereocenters. The van der Waals surface area contributed by atoms with Gasteiger partial charge in [0.1, 0.15) is 0 Å². The van der Waals surface area contributed by atoms with Crippen molar-refractivity contribution in [3.8, 4) is 0 Å². The van der Waals surface area contributed by atoms with Crippen LogP contribution in [0.15, 0.2) is 6.20 Å². The van der Waals surface area contributed by atoms with E-state index in [9.17, 15) is 0 Å². The van der Waals surface area contributed by atoms with Gasteiger partial charge in [0.25, 0.3) is 0 Å². The van der Waals surface area contributed by atoms with Crippen molar-refractivity contribution in [3.63, 3.8) is 0 Å². The molecule has 15 heavy (non-hydrogen) atoms. The summed E-state index contributed by atoms with van der Waals surface area (Å²) in [5.41, 5.74) is 11.4. The molecule has 4 nitrogen and oxygen atoms in total. The second-order valence-electron chi connectivity index (χ2n) is 4.71. The van der Waals surface area contributed by atoms with Crippen LogP contribution >= 0.6 is 11.3 Å². The fourth-order valence-corrected chi connectivity index (χ4v) is 2.28. The third-order valence-electron chi connectivity index (χ3n) is 2.25. The smallest absolute Gasteiger partial charge is 0.180 e. The first-order chi connectivity index (χ1) is 6.93. The number of hydrogen-bond donors (Lipinski definition) is 2. The molecular formula is C10H20N4S. The lowest BCUT2D eigenvalue weighted by Crippen LogP contribution is -2.36. The predicted octanol–water partition coefficient (Wildman–Crippen LogP) is 1.14. The summed E-state index contributed by atoms with van der Waals surface area (Å²) < 4.78 is 0. The molecule has 1 rings (SSSR count). The first-order valence-corrected chi connectivity index (χ1v) is 5.83. The van der Waals surface area contributed by atoms with E-state index in [1.54, 1.807) is 11.3 Å². The maximum Gasteiger partial charge on any atom is 0.180 e. The minimum absolute atomic E-state index is 0.158. The van der Waals surface area contributed by atoms with E-state index in [1.807, 2.05) is 6.20 Å². The van der Waals surface area contributed by atoms with Gasteiger partial charge in [-0.25, -0.2) is 4.98 Å². The van der Waals surface area contributed by atoms with Crippen LogP contribution in [0.5, 0.6) is 0 Å². The average molecular weight is 228 g/mol. The number of rotatable bonds is 5. The molecule has 0 aliphatic heterocycles. The number of anilines is 1. The van der Waals surface area contributed by atoms with Crippen molar-refractivity contribution < 1.29 is 0 Å². The number of nitrogens with two attached hydrogens (primary N) is 2. The summed E-state index contributed by atoms with van der Waals surface area (Å²) in [5, 5.41) is 0.636. The minimum Gasteiger partial charge on any atom is -0.375 e. The third kappa shape index (κ3) is 4.15. The Morgan fingerprint density at radius 1 is 1.53 bits per heavy atom. The Morgan fingerprint density at radius 3 is 2.67 bits per heavy atom. The van der Waals surface area contributed by atoms with E-state index in [4.69, 9.17) is 11.5 Å². The van der Waals surface area contributed by atoms with Crippen LogP contribution in [0.25, 0.3) is 0 Å². The summed E-state index contributed by atoms with van der Waals surface area (Å²) in [7, 11) is 2.09. The van der Waals surface area contributed by atoms with Crippen LogP contribution in [0.3, 0.4) is 0 Å². The van der Waals surface area contributed by atoms with Crippen molar-refractivity contribution in [3.05, 3.63) is 11.1 Å². The third-order valence-corrected chi connectivity index (χ3v) is 3.06. The van der Waals surface area contributed by atoms with E-state index in [2.05, 4.69) is 30.8 Å². The van der Waals surface area contributed by atoms with Gasteiger partial charge < -0.3 is 16.4 Å². The maximum absolute atomic E-state index is 5.70. The highest BCUT2D eigenvalue weighted by Crippen LogP contribution is 2.19. The van der Waals surface area contributed by atoms with E-state index in [0.29, 0.717) is 11.7 Å². The summed E-state index contributed by atoms with van der Waals surface area (Å²) in [6.45, 7) is 6.90. The molecule has 0 aromatic carbocycles. The number of nitrogens with zero attached hydrogens (tertiary/aromatic N) is 2. The van der Waals surface area contributed by atoms with Crippen LogP contribution in [0.4, 0.5) is 5.13 Å². The second kappa shape index (κ2) is 4.92. The molecule has 0 spiro atoms. The quantitative estimate of drug-likeness (QED) is 0.793. The molecule has 4 N–H and O–H groups in total. The molecule has 0 amide bonds. The number of aromatic nitrogens is 1. The van der Waals surface area contributed by atoms with Crippen molar-refractivity contribution in [1.29, 1.82) is 0 Å². The SMILES string of the molecule is CN(Cc1cnc(N)s1)CC(C)(C)CN. The van der Waals surface area contributed by atoms with Crippen LogP contribution in [0.2, 0.25) is 0 Å². The van der Waals surface area contributed by atoms with E-state index in [1.165, 1.54) is 4.88 Å². The zero-order chi connectivity index (χ0) is 11.5. The van der Waals surface area contributed by atoms with Gasteiger partial charge in [-0.3, -0.25) is 0 Å². The summed E-state index contributed by atoms with van der Waals surface area (Å²) >= 11 is 1.54. The molecule has 0 bridgehead atoms. The van der Waals surface area contributed by atoms with Crippen molar-refractivity contribution in [2.24, 2.45) is 11.1 Å². The summed E-state index contributed by atoms with van der Waals surface area (Å²) in [4.78, 5) is 7.48. The molecule has 0 aliphatic rings. The zero-order valence-corrected chi connectivity index (χ0v) is 10.5. The summed E-state index contributed by atoms with van der Waals surface area (Å²) in [6.07, 6.45) is 1.84. The predicted molar refractivity (Wildman–Crippen MR) is 65.7 cm³/mol. The molecule has 1 heterocycles. The number of nitrogen functional groups attached to an aromatic ring is 1. The monoisotopic (exact) mass is 228 g/mol. The van der Waals surface area contributed by atoms with Crippen molar-refractivity contribution in [1.82, 2.24) is 9.88 Å². The Balaban J connectivity index is 2.46. The van der Waals surface area contributed by atoms with E-state index < -0.39 is 0 Å². The van der Waals surface area contributed by atoms with E-state index in [-0.39, 0.29) is 5.41 Å². The van der Waals surface area contributed by atoms with Gasteiger partial charge in [-0.05, 0) is 19.0 Å². The summed E-state index contributed by atoms with van der Waals surface area (Å²) in [6, 6.07) is 0. The lowest BCUT2D eigenvalue weighted by molar-refractivity contribution is 0.211. The van der Waals surface area contributed by atoms with E-state index in [0.717, 1.165) is 13.1 Å². The van der Waals surface area contributed by atoms with Crippen LogP contribution in [-0.4, -0.2) is 30.0 Å². The normalized spacial score (nSPS) is 12.3. The number of hydrogen-bond acceptors (Lipinski definition) is 5. The van der Waals surface area contributed by atoms with Gasteiger partial charge in [0.2, 0.25) is 0 Å². The van der Waals surface area contributed by atoms with Crippen LogP contribution in [0, 0.1) is 5.41 Å². The molecule has 1 aromatic heterocycles. The van der Waals surface area contributed by atoms with Crippen molar-refractivity contribution >= 4 is 16.5 Å². The first-order valence-electron chi connectivity index (χ1n) is 5.02. The van der Waals surface area contributed by atoms with Crippen molar-refractivity contribution in [2.75, 3.05) is 25.9 Å². The molecule has 5 heteroatoms. The molecular weight excluding hydrogens is 208 g/mol. The average Bonchev–Trinajstić information content (AvgIpc) is 2.50.